The summed E-state index contributed by atoms with van der Waals surface area (Å²) in [4.78, 5) is 82.4. The number of thioether (sulfide) groups is 1. The molecule has 0 bridgehead atoms. The molecule has 8 rings (SSSR count). The van der Waals surface area contributed by atoms with Gasteiger partial charge in [-0.1, -0.05) is 12.1 Å². The van der Waals surface area contributed by atoms with Gasteiger partial charge < -0.3 is 48.8 Å². The van der Waals surface area contributed by atoms with Crippen LogP contribution in [0.15, 0.2) is 18.2 Å². The number of carbonyl (C=O) groups is 6. The number of nitrogens with zero attached hydrogens (tertiary/aromatic N) is 2. The number of hydrogen-bond acceptors (Lipinski definition) is 18. The number of aromatic hydroxyl groups is 2. The van der Waals surface area contributed by atoms with E-state index in [9.17, 15) is 49.2 Å². The van der Waals surface area contributed by atoms with E-state index in [0.29, 0.717) is 13.2 Å². The van der Waals surface area contributed by atoms with Crippen LogP contribution in [-0.4, -0.2) is 159 Å². The fourth-order valence-corrected chi connectivity index (χ4v) is 9.66. The van der Waals surface area contributed by atoms with Crippen molar-refractivity contribution in [3.63, 3.8) is 0 Å². The van der Waals surface area contributed by atoms with Crippen LogP contribution in [0.5, 0.6) is 17.2 Å². The van der Waals surface area contributed by atoms with E-state index < -0.39 is 138 Å². The number of fused-ring (bicyclic) bond motifs is 6. The molecule has 9 atom stereocenters. The lowest BCUT2D eigenvalue weighted by Crippen LogP contribution is -2.55. The standard InChI is InChI=1S/C39H42N2O16S/c1-16-35-20(40-7-8-53-38(52-2)37(40)57-35)9-26(55-16)56-22-12-39(51,24(44)14-42)11-19-28(22)34(49)30-29(32(19)47)31(46)18-5-4-6-21(27(18)33(30)48)54-15-17(43)13-41-25(45)10-23(58-3)36(41)50/h4-6,16,20,22-23,26,35,37-38,42,47,49,51H,7-15H2,1-3H3/t16-,20-,22-,23?,26-,35+,37+,38-,39-/m0/s1. The number of aliphatic hydroxyl groups is 2. The van der Waals surface area contributed by atoms with Gasteiger partial charge in [0.25, 0.3) is 0 Å². The molecule has 4 heterocycles. The second-order valence-electron chi connectivity index (χ2n) is 15.1. The van der Waals surface area contributed by atoms with Crippen molar-refractivity contribution in [1.29, 1.82) is 0 Å². The molecular formula is C39H42N2O16S. The Labute approximate surface area is 335 Å². The highest BCUT2D eigenvalue weighted by Gasteiger charge is 2.55. The van der Waals surface area contributed by atoms with Crippen LogP contribution in [0.3, 0.4) is 0 Å². The van der Waals surface area contributed by atoms with Crippen LogP contribution in [0.4, 0.5) is 0 Å². The smallest absolute Gasteiger partial charge is 0.243 e. The monoisotopic (exact) mass is 826 g/mol. The fraction of sp³-hybridized carbons (Fsp3) is 0.538. The van der Waals surface area contributed by atoms with Gasteiger partial charge in [-0.15, -0.1) is 0 Å². The lowest BCUT2D eigenvalue weighted by molar-refractivity contribution is -0.256. The van der Waals surface area contributed by atoms with Crippen molar-refractivity contribution >= 4 is 46.7 Å². The van der Waals surface area contributed by atoms with Gasteiger partial charge in [0.05, 0.1) is 47.3 Å². The lowest BCUT2D eigenvalue weighted by atomic mass is 9.72. The Morgan fingerprint density at radius 3 is 2.52 bits per heavy atom. The summed E-state index contributed by atoms with van der Waals surface area (Å²) in [7, 11) is 1.51. The first-order chi connectivity index (χ1) is 27.7. The molecule has 4 saturated heterocycles. The minimum atomic E-state index is -2.32. The Hall–Kier alpha value is -4.31. The van der Waals surface area contributed by atoms with Crippen molar-refractivity contribution in [3.05, 3.63) is 51.6 Å². The maximum absolute atomic E-state index is 14.4. The first-order valence-corrected chi connectivity index (χ1v) is 20.1. The van der Waals surface area contributed by atoms with E-state index in [2.05, 4.69) is 4.90 Å². The zero-order valence-electron chi connectivity index (χ0n) is 31.7. The minimum Gasteiger partial charge on any atom is -0.507 e. The minimum absolute atomic E-state index is 0.0355. The number of methoxy groups -OCH3 is 1. The highest BCUT2D eigenvalue weighted by Crippen LogP contribution is 2.53. The van der Waals surface area contributed by atoms with E-state index in [4.69, 9.17) is 28.4 Å². The average Bonchev–Trinajstić information content (AvgIpc) is 3.72. The first kappa shape index (κ1) is 40.5. The topological polar surface area (TPSA) is 245 Å². The predicted octanol–water partition coefficient (Wildman–Crippen LogP) is 0.141. The van der Waals surface area contributed by atoms with Gasteiger partial charge in [-0.3, -0.25) is 38.6 Å². The maximum atomic E-state index is 14.4. The molecule has 1 unspecified atom stereocenters. The van der Waals surface area contributed by atoms with Crippen molar-refractivity contribution in [3.8, 4) is 17.2 Å². The number of imide groups is 1. The third-order valence-corrected chi connectivity index (χ3v) is 12.8. The number of ketones is 4. The molecule has 6 aliphatic rings. The largest absolute Gasteiger partial charge is 0.507 e. The molecule has 18 nitrogen and oxygen atoms in total. The number of ether oxygens (including phenoxy) is 6. The molecule has 2 aromatic rings. The maximum Gasteiger partial charge on any atom is 0.243 e. The van der Waals surface area contributed by atoms with Crippen molar-refractivity contribution in [2.75, 3.05) is 46.3 Å². The number of morpholine rings is 1. The summed E-state index contributed by atoms with van der Waals surface area (Å²) < 4.78 is 35.8. The second-order valence-corrected chi connectivity index (χ2v) is 16.2. The quantitative estimate of drug-likeness (QED) is 0.148. The summed E-state index contributed by atoms with van der Waals surface area (Å²) >= 11 is 1.20. The van der Waals surface area contributed by atoms with Crippen LogP contribution in [0, 0.1) is 0 Å². The molecule has 2 aliphatic carbocycles. The summed E-state index contributed by atoms with van der Waals surface area (Å²) in [6.45, 7) is 0.403. The van der Waals surface area contributed by atoms with Crippen LogP contribution in [-0.2, 0) is 49.3 Å². The second kappa shape index (κ2) is 15.4. The van der Waals surface area contributed by atoms with E-state index in [1.807, 2.05) is 0 Å². The first-order valence-electron chi connectivity index (χ1n) is 18.8. The van der Waals surface area contributed by atoms with E-state index in [-0.39, 0.29) is 46.9 Å². The molecule has 4 aliphatic heterocycles. The molecule has 0 spiro atoms. The number of benzene rings is 2. The van der Waals surface area contributed by atoms with E-state index in [0.717, 1.165) is 4.90 Å². The number of aliphatic hydroxyl groups excluding tert-OH is 1. The number of hydrogen-bond donors (Lipinski definition) is 4. The van der Waals surface area contributed by atoms with Crippen LogP contribution in [0.1, 0.15) is 75.3 Å². The summed E-state index contributed by atoms with van der Waals surface area (Å²) in [6.07, 6.45) is -3.83. The molecule has 0 radical (unpaired) electrons. The number of phenols is 2. The molecule has 4 fully saturated rings. The van der Waals surface area contributed by atoms with Gasteiger partial charge in [0.2, 0.25) is 17.6 Å². The molecule has 0 saturated carbocycles. The molecule has 2 amide bonds. The normalized spacial score (nSPS) is 31.7. The van der Waals surface area contributed by atoms with Gasteiger partial charge in [-0.25, -0.2) is 0 Å². The average molecular weight is 827 g/mol. The highest BCUT2D eigenvalue weighted by molar-refractivity contribution is 8.00. The zero-order valence-corrected chi connectivity index (χ0v) is 32.5. The van der Waals surface area contributed by atoms with Crippen molar-refractivity contribution < 1.29 is 77.6 Å². The van der Waals surface area contributed by atoms with Crippen LogP contribution < -0.4 is 4.74 Å². The van der Waals surface area contributed by atoms with Gasteiger partial charge >= 0.3 is 0 Å². The zero-order chi connectivity index (χ0) is 41.4. The van der Waals surface area contributed by atoms with Gasteiger partial charge in [0.1, 0.15) is 42.2 Å². The molecule has 58 heavy (non-hydrogen) atoms. The number of carbonyl (C=O) groups excluding carboxylic acids is 6. The summed E-state index contributed by atoms with van der Waals surface area (Å²) in [5.41, 5.74) is -4.46. The number of phenolic OH excluding ortho intramolecular Hbond substituents is 2. The lowest BCUT2D eigenvalue weighted by Gasteiger charge is -2.43. The summed E-state index contributed by atoms with van der Waals surface area (Å²) in [5, 5.41) is 44.7. The molecule has 4 N–H and O–H groups in total. The Kier molecular flexibility index (Phi) is 10.7. The van der Waals surface area contributed by atoms with Gasteiger partial charge in [-0.05, 0) is 19.2 Å². The number of rotatable bonds is 11. The molecule has 0 aromatic heterocycles. The van der Waals surface area contributed by atoms with Gasteiger partial charge in [-0.2, -0.15) is 11.8 Å². The van der Waals surface area contributed by atoms with Crippen molar-refractivity contribution in [1.82, 2.24) is 9.80 Å². The summed E-state index contributed by atoms with van der Waals surface area (Å²) in [5.74, 6) is -6.24. The molecule has 310 valence electrons. The third-order valence-electron chi connectivity index (χ3n) is 11.8. The van der Waals surface area contributed by atoms with E-state index in [1.54, 1.807) is 13.2 Å². The van der Waals surface area contributed by atoms with Crippen molar-refractivity contribution in [2.45, 2.75) is 86.6 Å². The Morgan fingerprint density at radius 2 is 1.81 bits per heavy atom. The Bertz CT molecular complexity index is 2110. The van der Waals surface area contributed by atoms with E-state index >= 15 is 0 Å². The number of Topliss-reactive ketones (excluding diaryl/α,β-unsaturated/α-hetero) is 2. The highest BCUT2D eigenvalue weighted by atomic mass is 32.2. The predicted molar refractivity (Wildman–Crippen MR) is 196 cm³/mol. The van der Waals surface area contributed by atoms with Gasteiger partial charge in [0.15, 0.2) is 36.2 Å². The number of likely N-dealkylation sites (tertiary alicyclic amines) is 1. The third kappa shape index (κ3) is 6.52. The van der Waals surface area contributed by atoms with Gasteiger partial charge in [0, 0.05) is 62.1 Å². The number of amides is 2. The molecule has 2 aromatic carbocycles. The van der Waals surface area contributed by atoms with Crippen molar-refractivity contribution in [2.24, 2.45) is 0 Å². The fourth-order valence-electron chi connectivity index (χ4n) is 9.02. The molecular weight excluding hydrogens is 784 g/mol. The van der Waals surface area contributed by atoms with Crippen LogP contribution in [0.2, 0.25) is 0 Å². The SMILES string of the molecule is CO[C@H]1OCCN2[C@@H]1O[C@@H]1[C@H](C)O[C@@H](O[C@H]3C[C@](O)(C(=O)CO)Cc4c(O)c5c(c(O)c43)C(=O)c3c(OCC(=O)CN4C(=O)CC(SC)C4=O)cccc3C5=O)C[C@@H]12. The summed E-state index contributed by atoms with van der Waals surface area (Å²) in [6, 6.07) is 3.76. The van der Waals surface area contributed by atoms with Crippen LogP contribution >= 0.6 is 11.8 Å². The Morgan fingerprint density at radius 1 is 1.05 bits per heavy atom. The van der Waals surface area contributed by atoms with E-state index in [1.165, 1.54) is 37.1 Å². The Balaban J connectivity index is 1.11. The van der Waals surface area contributed by atoms with Crippen LogP contribution in [0.25, 0.3) is 0 Å². The molecule has 19 heteroatoms.